The molecule has 3 atom stereocenters. The van der Waals surface area contributed by atoms with Crippen LogP contribution in [-0.4, -0.2) is 41.1 Å². The number of aliphatic hydroxyl groups excluding tert-OH is 1. The normalized spacial score (nSPS) is 26.7. The van der Waals surface area contributed by atoms with Gasteiger partial charge in [-0.05, 0) is 76.9 Å². The highest BCUT2D eigenvalue weighted by atomic mass is 32.2. The van der Waals surface area contributed by atoms with E-state index < -0.39 is 19.3 Å². The van der Waals surface area contributed by atoms with Gasteiger partial charge in [0, 0.05) is 18.8 Å². The largest absolute Gasteiger partial charge is 0.417 e. The lowest BCUT2D eigenvalue weighted by Crippen LogP contribution is -2.53. The molecule has 0 amide bonds. The second-order valence-corrected chi connectivity index (χ2v) is 17.4. The quantitative estimate of drug-likeness (QED) is 0.572. The van der Waals surface area contributed by atoms with Crippen LogP contribution < -0.4 is 4.72 Å². The summed E-state index contributed by atoms with van der Waals surface area (Å²) in [6.45, 7) is 18.5. The van der Waals surface area contributed by atoms with E-state index in [9.17, 15) is 9.32 Å². The van der Waals surface area contributed by atoms with Crippen molar-refractivity contribution >= 4 is 19.3 Å². The molecule has 0 saturated heterocycles. The number of aliphatic hydroxyl groups is 1. The maximum absolute atomic E-state index is 12.8. The Kier molecular flexibility index (Phi) is 8.56. The van der Waals surface area contributed by atoms with Crippen LogP contribution in [0.5, 0.6) is 0 Å². The highest BCUT2D eigenvalue weighted by Crippen LogP contribution is 2.40. The summed E-state index contributed by atoms with van der Waals surface area (Å²) < 4.78 is 22.5. The zero-order valence-electron chi connectivity index (χ0n) is 18.4. The van der Waals surface area contributed by atoms with Crippen molar-refractivity contribution in [2.75, 3.05) is 13.2 Å². The molecule has 0 bridgehead atoms. The van der Waals surface area contributed by atoms with Crippen LogP contribution in [0.25, 0.3) is 0 Å². The Hall–Kier alpha value is 0.247. The minimum Gasteiger partial charge on any atom is -0.417 e. The molecule has 1 saturated carbocycles. The highest BCUT2D eigenvalue weighted by Gasteiger charge is 2.41. The van der Waals surface area contributed by atoms with E-state index in [4.69, 9.17) is 4.43 Å². The lowest BCUT2D eigenvalue weighted by molar-refractivity contribution is 0.127. The van der Waals surface area contributed by atoms with Gasteiger partial charge in [0.05, 0.1) is 15.7 Å². The maximum Gasteiger partial charge on any atom is 0.191 e. The van der Waals surface area contributed by atoms with Crippen LogP contribution in [0.15, 0.2) is 0 Å². The summed E-state index contributed by atoms with van der Waals surface area (Å²) in [5.74, 6) is 0.501. The Labute approximate surface area is 165 Å². The molecule has 0 radical (unpaired) electrons. The Morgan fingerprint density at radius 1 is 1.23 bits per heavy atom. The lowest BCUT2D eigenvalue weighted by Gasteiger charge is -2.44. The van der Waals surface area contributed by atoms with Crippen molar-refractivity contribution < 1.29 is 13.7 Å². The molecule has 0 aromatic carbocycles. The van der Waals surface area contributed by atoms with Crippen molar-refractivity contribution in [3.8, 4) is 0 Å². The molecule has 156 valence electrons. The van der Waals surface area contributed by atoms with E-state index in [2.05, 4.69) is 38.6 Å². The van der Waals surface area contributed by atoms with Crippen LogP contribution in [0.2, 0.25) is 18.1 Å². The van der Waals surface area contributed by atoms with E-state index in [1.54, 1.807) is 0 Å². The molecule has 1 aliphatic rings. The van der Waals surface area contributed by atoms with Crippen LogP contribution in [0, 0.1) is 5.92 Å². The molecule has 1 aliphatic carbocycles. The Morgan fingerprint density at radius 3 is 2.35 bits per heavy atom. The van der Waals surface area contributed by atoms with E-state index in [1.165, 1.54) is 6.42 Å². The number of nitrogens with one attached hydrogen (secondary N) is 1. The zero-order chi connectivity index (χ0) is 20.2. The summed E-state index contributed by atoms with van der Waals surface area (Å²) >= 11 is 0. The first-order chi connectivity index (χ1) is 11.7. The SMILES string of the molecule is CC(C)(C)[S@](=O)NC1(CCCO)CCCC(CO[Si](C)(C)C(C)(C)C)C1. The third-order valence-electron chi connectivity index (χ3n) is 6.11. The van der Waals surface area contributed by atoms with E-state index >= 15 is 0 Å². The second-order valence-electron chi connectivity index (χ2n) is 10.6. The maximum atomic E-state index is 12.8. The fourth-order valence-electron chi connectivity index (χ4n) is 3.31. The first-order valence-corrected chi connectivity index (χ1v) is 14.2. The topological polar surface area (TPSA) is 58.6 Å². The van der Waals surface area contributed by atoms with Crippen molar-refractivity contribution in [1.29, 1.82) is 0 Å². The Bertz CT molecular complexity index is 471. The van der Waals surface area contributed by atoms with Gasteiger partial charge in [-0.1, -0.05) is 27.2 Å². The third-order valence-corrected chi connectivity index (χ3v) is 12.3. The Morgan fingerprint density at radius 2 is 1.85 bits per heavy atom. The fourth-order valence-corrected chi connectivity index (χ4v) is 5.38. The van der Waals surface area contributed by atoms with Crippen molar-refractivity contribution in [1.82, 2.24) is 4.72 Å². The average molecular weight is 406 g/mol. The zero-order valence-corrected chi connectivity index (χ0v) is 20.2. The molecule has 2 unspecified atom stereocenters. The summed E-state index contributed by atoms with van der Waals surface area (Å²) in [4.78, 5) is 0. The molecule has 26 heavy (non-hydrogen) atoms. The molecule has 0 spiro atoms. The molecular formula is C20H43NO3SSi. The van der Waals surface area contributed by atoms with Gasteiger partial charge in [0.1, 0.15) is 0 Å². The average Bonchev–Trinajstić information content (AvgIpc) is 2.49. The van der Waals surface area contributed by atoms with Crippen LogP contribution in [-0.2, 0) is 15.4 Å². The second kappa shape index (κ2) is 9.16. The first-order valence-electron chi connectivity index (χ1n) is 10.2. The van der Waals surface area contributed by atoms with Crippen LogP contribution >= 0.6 is 0 Å². The summed E-state index contributed by atoms with van der Waals surface area (Å²) in [5.41, 5.74) is -0.138. The minimum atomic E-state index is -1.74. The van der Waals surface area contributed by atoms with E-state index in [0.29, 0.717) is 5.92 Å². The van der Waals surface area contributed by atoms with Gasteiger partial charge in [-0.3, -0.25) is 0 Å². The van der Waals surface area contributed by atoms with E-state index in [-0.39, 0.29) is 21.9 Å². The third kappa shape index (κ3) is 7.01. The van der Waals surface area contributed by atoms with Crippen molar-refractivity contribution in [3.63, 3.8) is 0 Å². The van der Waals surface area contributed by atoms with E-state index in [0.717, 1.165) is 38.7 Å². The van der Waals surface area contributed by atoms with Crippen molar-refractivity contribution in [3.05, 3.63) is 0 Å². The van der Waals surface area contributed by atoms with Crippen molar-refractivity contribution in [2.45, 2.75) is 108 Å². The predicted molar refractivity (Wildman–Crippen MR) is 115 cm³/mol. The van der Waals surface area contributed by atoms with Gasteiger partial charge in [0.15, 0.2) is 8.32 Å². The summed E-state index contributed by atoms with van der Waals surface area (Å²) in [6, 6.07) is 0. The number of rotatable bonds is 8. The summed E-state index contributed by atoms with van der Waals surface area (Å²) in [7, 11) is -2.83. The highest BCUT2D eigenvalue weighted by molar-refractivity contribution is 7.84. The smallest absolute Gasteiger partial charge is 0.191 e. The van der Waals surface area contributed by atoms with Crippen LogP contribution in [0.4, 0.5) is 0 Å². The lowest BCUT2D eigenvalue weighted by atomic mass is 9.74. The van der Waals surface area contributed by atoms with Crippen LogP contribution in [0.1, 0.15) is 80.1 Å². The molecule has 0 aromatic heterocycles. The molecule has 1 rings (SSSR count). The molecule has 0 aliphatic heterocycles. The van der Waals surface area contributed by atoms with Gasteiger partial charge in [-0.15, -0.1) is 0 Å². The predicted octanol–water partition coefficient (Wildman–Crippen LogP) is 4.76. The molecule has 2 N–H and O–H groups in total. The first kappa shape index (κ1) is 24.3. The summed E-state index contributed by atoms with van der Waals surface area (Å²) in [5, 5.41) is 9.57. The molecular weight excluding hydrogens is 362 g/mol. The fraction of sp³-hybridized carbons (Fsp3) is 1.00. The van der Waals surface area contributed by atoms with Gasteiger partial charge >= 0.3 is 0 Å². The van der Waals surface area contributed by atoms with Gasteiger partial charge in [0.25, 0.3) is 0 Å². The van der Waals surface area contributed by atoms with Crippen molar-refractivity contribution in [2.24, 2.45) is 5.92 Å². The number of hydrogen-bond donors (Lipinski definition) is 2. The Balaban J connectivity index is 2.82. The summed E-state index contributed by atoms with van der Waals surface area (Å²) in [6.07, 6.45) is 5.96. The van der Waals surface area contributed by atoms with Crippen LogP contribution in [0.3, 0.4) is 0 Å². The molecule has 0 aromatic rings. The standard InChI is InChI=1S/C20H43NO3SSi/c1-18(2,3)25(23)21-20(13-10-14-22)12-9-11-17(15-20)16-24-26(7,8)19(4,5)6/h17,21-22H,9-16H2,1-8H3/t17?,20?,25-/m0/s1. The van der Waals surface area contributed by atoms with Gasteiger partial charge < -0.3 is 9.53 Å². The molecule has 4 nitrogen and oxygen atoms in total. The van der Waals surface area contributed by atoms with Gasteiger partial charge in [0.2, 0.25) is 0 Å². The van der Waals surface area contributed by atoms with E-state index in [1.807, 2.05) is 20.8 Å². The molecule has 0 heterocycles. The number of hydrogen-bond acceptors (Lipinski definition) is 3. The molecule has 1 fully saturated rings. The minimum absolute atomic E-state index is 0.138. The van der Waals surface area contributed by atoms with Gasteiger partial charge in [-0.2, -0.15) is 0 Å². The van der Waals surface area contributed by atoms with Gasteiger partial charge in [-0.25, -0.2) is 8.93 Å². The monoisotopic (exact) mass is 405 g/mol. The molecule has 6 heteroatoms.